The van der Waals surface area contributed by atoms with Gasteiger partial charge < -0.3 is 10.3 Å². The lowest BCUT2D eigenvalue weighted by Gasteiger charge is -2.11. The molecule has 0 aliphatic carbocycles. The van der Waals surface area contributed by atoms with Crippen LogP contribution in [0.3, 0.4) is 0 Å². The maximum absolute atomic E-state index is 6.00. The van der Waals surface area contributed by atoms with E-state index in [0.717, 1.165) is 11.1 Å². The maximum atomic E-state index is 6.00. The Morgan fingerprint density at radius 1 is 1.28 bits per heavy atom. The molecule has 1 unspecified atom stereocenters. The summed E-state index contributed by atoms with van der Waals surface area (Å²) in [6.45, 7) is 6.21. The van der Waals surface area contributed by atoms with Gasteiger partial charge in [-0.15, -0.1) is 0 Å². The Bertz CT molecular complexity index is 519. The van der Waals surface area contributed by atoms with Crippen LogP contribution in [0.4, 0.5) is 0 Å². The molecule has 0 fully saturated rings. The number of benzene rings is 1. The van der Waals surface area contributed by atoms with Gasteiger partial charge in [-0.05, 0) is 18.4 Å². The first-order valence-corrected chi connectivity index (χ1v) is 6.22. The van der Waals surface area contributed by atoms with Gasteiger partial charge in [-0.1, -0.05) is 43.3 Å². The first-order chi connectivity index (χ1) is 8.58. The van der Waals surface area contributed by atoms with Crippen LogP contribution in [0, 0.1) is 12.8 Å². The van der Waals surface area contributed by atoms with Crippen molar-refractivity contribution in [2.24, 2.45) is 11.7 Å². The molecule has 96 valence electrons. The molecule has 1 aromatic heterocycles. The topological polar surface area (TPSA) is 64.9 Å². The van der Waals surface area contributed by atoms with Crippen LogP contribution in [-0.2, 0) is 6.42 Å². The van der Waals surface area contributed by atoms with Gasteiger partial charge in [0.2, 0.25) is 11.7 Å². The van der Waals surface area contributed by atoms with E-state index in [0.29, 0.717) is 24.1 Å². The van der Waals surface area contributed by atoms with Gasteiger partial charge >= 0.3 is 0 Å². The first-order valence-electron chi connectivity index (χ1n) is 6.22. The van der Waals surface area contributed by atoms with E-state index in [1.165, 1.54) is 0 Å². The average Bonchev–Trinajstić information content (AvgIpc) is 2.77. The summed E-state index contributed by atoms with van der Waals surface area (Å²) in [4.78, 5) is 4.41. The number of hydrogen-bond donors (Lipinski definition) is 1. The highest BCUT2D eigenvalue weighted by atomic mass is 16.5. The van der Waals surface area contributed by atoms with Crippen molar-refractivity contribution in [2.75, 3.05) is 0 Å². The van der Waals surface area contributed by atoms with Crippen molar-refractivity contribution in [2.45, 2.75) is 33.2 Å². The maximum Gasteiger partial charge on any atom is 0.228 e. The molecule has 18 heavy (non-hydrogen) atoms. The lowest BCUT2D eigenvalue weighted by Crippen LogP contribution is -2.28. The average molecular weight is 245 g/mol. The molecule has 0 aliphatic rings. The monoisotopic (exact) mass is 245 g/mol. The quantitative estimate of drug-likeness (QED) is 0.899. The molecule has 2 aromatic rings. The van der Waals surface area contributed by atoms with Crippen LogP contribution >= 0.6 is 0 Å². The van der Waals surface area contributed by atoms with Crippen molar-refractivity contribution in [3.05, 3.63) is 35.7 Å². The number of nitrogens with zero attached hydrogens (tertiary/aromatic N) is 2. The third-order valence-electron chi connectivity index (χ3n) is 3.12. The summed E-state index contributed by atoms with van der Waals surface area (Å²) in [5.41, 5.74) is 8.14. The second-order valence-corrected chi connectivity index (χ2v) is 4.94. The largest absolute Gasteiger partial charge is 0.339 e. The van der Waals surface area contributed by atoms with E-state index < -0.39 is 0 Å². The summed E-state index contributed by atoms with van der Waals surface area (Å²) >= 11 is 0. The third kappa shape index (κ3) is 2.76. The molecule has 4 heteroatoms. The van der Waals surface area contributed by atoms with Crippen LogP contribution in [-0.4, -0.2) is 16.2 Å². The van der Waals surface area contributed by atoms with E-state index >= 15 is 0 Å². The van der Waals surface area contributed by atoms with Crippen LogP contribution in [0.5, 0.6) is 0 Å². The summed E-state index contributed by atoms with van der Waals surface area (Å²) in [6, 6.07) is 8.04. The summed E-state index contributed by atoms with van der Waals surface area (Å²) in [7, 11) is 0. The van der Waals surface area contributed by atoms with E-state index in [9.17, 15) is 0 Å². The van der Waals surface area contributed by atoms with Crippen molar-refractivity contribution in [1.29, 1.82) is 0 Å². The minimum Gasteiger partial charge on any atom is -0.339 e. The normalized spacial score (nSPS) is 12.9. The molecule has 0 radical (unpaired) electrons. The van der Waals surface area contributed by atoms with E-state index in [2.05, 4.69) is 24.0 Å². The molecule has 2 rings (SSSR count). The van der Waals surface area contributed by atoms with Crippen LogP contribution in [0.2, 0.25) is 0 Å². The molecule has 0 spiro atoms. The number of rotatable bonds is 4. The zero-order valence-corrected chi connectivity index (χ0v) is 11.1. The molecule has 1 atom stereocenters. The second kappa shape index (κ2) is 5.31. The van der Waals surface area contributed by atoms with Gasteiger partial charge in [-0.2, -0.15) is 4.98 Å². The molecule has 0 saturated heterocycles. The summed E-state index contributed by atoms with van der Waals surface area (Å²) in [5.74, 6) is 1.65. The fourth-order valence-electron chi connectivity index (χ4n) is 1.71. The standard InChI is InChI=1S/C14H19N3O/c1-9(2)12(15)8-13-16-14(17-18-13)11-7-5-4-6-10(11)3/h4-7,9,12H,8,15H2,1-3H3. The molecule has 0 amide bonds. The number of aromatic nitrogens is 2. The predicted molar refractivity (Wildman–Crippen MR) is 71.0 cm³/mol. The molecular weight excluding hydrogens is 226 g/mol. The SMILES string of the molecule is Cc1ccccc1-c1noc(CC(N)C(C)C)n1. The van der Waals surface area contributed by atoms with Gasteiger partial charge in [0.05, 0.1) is 0 Å². The number of nitrogens with two attached hydrogens (primary N) is 1. The minimum absolute atomic E-state index is 0.0511. The Kier molecular flexibility index (Phi) is 3.77. The fraction of sp³-hybridized carbons (Fsp3) is 0.429. The van der Waals surface area contributed by atoms with E-state index in [1.54, 1.807) is 0 Å². The molecule has 0 bridgehead atoms. The van der Waals surface area contributed by atoms with Crippen molar-refractivity contribution in [3.63, 3.8) is 0 Å². The van der Waals surface area contributed by atoms with Crippen molar-refractivity contribution >= 4 is 0 Å². The van der Waals surface area contributed by atoms with Crippen LogP contribution in [0.25, 0.3) is 11.4 Å². The Morgan fingerprint density at radius 2 is 2.00 bits per heavy atom. The van der Waals surface area contributed by atoms with Crippen molar-refractivity contribution in [1.82, 2.24) is 10.1 Å². The fourth-order valence-corrected chi connectivity index (χ4v) is 1.71. The number of hydrogen-bond acceptors (Lipinski definition) is 4. The molecule has 0 aliphatic heterocycles. The lowest BCUT2D eigenvalue weighted by molar-refractivity contribution is 0.353. The van der Waals surface area contributed by atoms with Gasteiger partial charge in [-0.25, -0.2) is 0 Å². The molecule has 1 heterocycles. The van der Waals surface area contributed by atoms with Crippen molar-refractivity contribution in [3.8, 4) is 11.4 Å². The zero-order chi connectivity index (χ0) is 13.1. The van der Waals surface area contributed by atoms with E-state index in [1.807, 2.05) is 31.2 Å². The van der Waals surface area contributed by atoms with Gasteiger partial charge in [0.25, 0.3) is 0 Å². The number of aryl methyl sites for hydroxylation is 1. The summed E-state index contributed by atoms with van der Waals surface area (Å²) in [5, 5.41) is 4.02. The molecule has 4 nitrogen and oxygen atoms in total. The van der Waals surface area contributed by atoms with Crippen LogP contribution < -0.4 is 5.73 Å². The van der Waals surface area contributed by atoms with Gasteiger partial charge in [0, 0.05) is 18.0 Å². The summed E-state index contributed by atoms with van der Waals surface area (Å²) in [6.07, 6.45) is 0.622. The highest BCUT2D eigenvalue weighted by Crippen LogP contribution is 2.20. The highest BCUT2D eigenvalue weighted by Gasteiger charge is 2.15. The van der Waals surface area contributed by atoms with Gasteiger partial charge in [0.1, 0.15) is 0 Å². The predicted octanol–water partition coefficient (Wildman–Crippen LogP) is 2.57. The minimum atomic E-state index is 0.0511. The van der Waals surface area contributed by atoms with E-state index in [-0.39, 0.29) is 6.04 Å². The van der Waals surface area contributed by atoms with E-state index in [4.69, 9.17) is 10.3 Å². The third-order valence-corrected chi connectivity index (χ3v) is 3.12. The van der Waals surface area contributed by atoms with Gasteiger partial charge in [0.15, 0.2) is 0 Å². The van der Waals surface area contributed by atoms with Gasteiger partial charge in [-0.3, -0.25) is 0 Å². The molecule has 1 aromatic carbocycles. The van der Waals surface area contributed by atoms with Crippen molar-refractivity contribution < 1.29 is 4.52 Å². The summed E-state index contributed by atoms with van der Waals surface area (Å²) < 4.78 is 5.25. The Hall–Kier alpha value is -1.68. The van der Waals surface area contributed by atoms with Crippen LogP contribution in [0.1, 0.15) is 25.3 Å². The first kappa shape index (κ1) is 12.8. The highest BCUT2D eigenvalue weighted by molar-refractivity contribution is 5.58. The zero-order valence-electron chi connectivity index (χ0n) is 11.1. The Labute approximate surface area is 107 Å². The molecular formula is C14H19N3O. The van der Waals surface area contributed by atoms with Crippen LogP contribution in [0.15, 0.2) is 28.8 Å². The molecule has 2 N–H and O–H groups in total. The second-order valence-electron chi connectivity index (χ2n) is 4.94. The molecule has 0 saturated carbocycles. The smallest absolute Gasteiger partial charge is 0.228 e. The lowest BCUT2D eigenvalue weighted by atomic mass is 10.0. The Balaban J connectivity index is 2.18. The Morgan fingerprint density at radius 3 is 2.67 bits per heavy atom.